The molecule has 3 aromatic rings. The maximum Gasteiger partial charge on any atom is 0.253 e. The molecule has 2 N–H and O–H groups in total. The van der Waals surface area contributed by atoms with Crippen LogP contribution >= 0.6 is 0 Å². The fourth-order valence-corrected chi connectivity index (χ4v) is 4.17. The van der Waals surface area contributed by atoms with Crippen LogP contribution in [0, 0.1) is 0 Å². The van der Waals surface area contributed by atoms with Crippen LogP contribution in [0.1, 0.15) is 42.1 Å². The van der Waals surface area contributed by atoms with E-state index in [1.54, 1.807) is 0 Å². The number of rotatable bonds is 5. The van der Waals surface area contributed by atoms with Gasteiger partial charge in [-0.15, -0.1) is 0 Å². The smallest absolute Gasteiger partial charge is 0.253 e. The molecule has 0 bridgehead atoms. The van der Waals surface area contributed by atoms with E-state index in [9.17, 15) is 9.90 Å². The highest BCUT2D eigenvalue weighted by Gasteiger charge is 2.32. The number of amides is 1. The summed E-state index contributed by atoms with van der Waals surface area (Å²) >= 11 is 0. The molecule has 0 aliphatic carbocycles. The standard InChI is InChI=1S/C25H28N2O2/c1-2-25(29,22-10-4-3-5-11-22)26-23-14-16-27(17-15-23)24(28)21-13-12-19-8-6-7-9-20(19)18-21/h3-13,18,23,26,29H,2,14-17H2,1H3/t25-/m0/s1. The van der Waals surface area contributed by atoms with Gasteiger partial charge in [0.15, 0.2) is 0 Å². The quantitative estimate of drug-likeness (QED) is 0.641. The monoisotopic (exact) mass is 388 g/mol. The zero-order valence-electron chi connectivity index (χ0n) is 16.8. The Kier molecular flexibility index (Phi) is 5.65. The van der Waals surface area contributed by atoms with Crippen molar-refractivity contribution in [1.29, 1.82) is 0 Å². The van der Waals surface area contributed by atoms with Crippen molar-refractivity contribution in [2.45, 2.75) is 38.0 Å². The highest BCUT2D eigenvalue weighted by molar-refractivity contribution is 5.98. The van der Waals surface area contributed by atoms with Crippen LogP contribution in [0.5, 0.6) is 0 Å². The van der Waals surface area contributed by atoms with E-state index < -0.39 is 5.72 Å². The van der Waals surface area contributed by atoms with Crippen molar-refractivity contribution in [3.63, 3.8) is 0 Å². The summed E-state index contributed by atoms with van der Waals surface area (Å²) in [4.78, 5) is 14.9. The number of hydrogen-bond donors (Lipinski definition) is 2. The topological polar surface area (TPSA) is 52.6 Å². The number of aliphatic hydroxyl groups is 1. The van der Waals surface area contributed by atoms with Gasteiger partial charge in [0.2, 0.25) is 0 Å². The van der Waals surface area contributed by atoms with Crippen molar-refractivity contribution in [3.8, 4) is 0 Å². The van der Waals surface area contributed by atoms with Crippen LogP contribution in [0.4, 0.5) is 0 Å². The Morgan fingerprint density at radius 2 is 1.66 bits per heavy atom. The van der Waals surface area contributed by atoms with Gasteiger partial charge in [0, 0.05) is 24.7 Å². The van der Waals surface area contributed by atoms with Crippen LogP contribution in [-0.4, -0.2) is 35.0 Å². The van der Waals surface area contributed by atoms with E-state index in [1.807, 2.05) is 78.6 Å². The molecule has 0 saturated carbocycles. The lowest BCUT2D eigenvalue weighted by Gasteiger charge is -2.38. The number of carbonyl (C=O) groups excluding carboxylic acids is 1. The second-order valence-corrected chi connectivity index (χ2v) is 7.85. The third-order valence-corrected chi connectivity index (χ3v) is 5.98. The van der Waals surface area contributed by atoms with Gasteiger partial charge >= 0.3 is 0 Å². The summed E-state index contributed by atoms with van der Waals surface area (Å²) in [5.41, 5.74) is 0.595. The molecule has 0 unspecified atom stereocenters. The molecular formula is C25H28N2O2. The van der Waals surface area contributed by atoms with Gasteiger partial charge in [-0.3, -0.25) is 10.1 Å². The minimum absolute atomic E-state index is 0.0861. The fourth-order valence-electron chi connectivity index (χ4n) is 4.17. The van der Waals surface area contributed by atoms with E-state index in [2.05, 4.69) is 11.4 Å². The molecule has 4 heteroatoms. The van der Waals surface area contributed by atoms with Crippen molar-refractivity contribution in [2.75, 3.05) is 13.1 Å². The van der Waals surface area contributed by atoms with E-state index in [0.717, 1.165) is 34.7 Å². The summed E-state index contributed by atoms with van der Waals surface area (Å²) < 4.78 is 0. The van der Waals surface area contributed by atoms with E-state index in [0.29, 0.717) is 19.5 Å². The lowest BCUT2D eigenvalue weighted by Crippen LogP contribution is -2.52. The van der Waals surface area contributed by atoms with Crippen LogP contribution < -0.4 is 5.32 Å². The first-order valence-corrected chi connectivity index (χ1v) is 10.4. The second kappa shape index (κ2) is 8.36. The summed E-state index contributed by atoms with van der Waals surface area (Å²) in [6.07, 6.45) is 2.25. The molecule has 1 atom stereocenters. The fraction of sp³-hybridized carbons (Fsp3) is 0.320. The minimum Gasteiger partial charge on any atom is -0.372 e. The largest absolute Gasteiger partial charge is 0.372 e. The Morgan fingerprint density at radius 1 is 1.00 bits per heavy atom. The predicted octanol–water partition coefficient (Wildman–Crippen LogP) is 4.29. The van der Waals surface area contributed by atoms with Gasteiger partial charge in [0.25, 0.3) is 5.91 Å². The van der Waals surface area contributed by atoms with Crippen molar-refractivity contribution in [3.05, 3.63) is 83.9 Å². The maximum atomic E-state index is 13.0. The zero-order chi connectivity index (χ0) is 20.3. The molecule has 0 spiro atoms. The van der Waals surface area contributed by atoms with Gasteiger partial charge in [0.1, 0.15) is 5.72 Å². The highest BCUT2D eigenvalue weighted by Crippen LogP contribution is 2.25. The molecule has 1 fully saturated rings. The first-order chi connectivity index (χ1) is 14.1. The Balaban J connectivity index is 1.40. The van der Waals surface area contributed by atoms with Crippen LogP contribution in [0.15, 0.2) is 72.8 Å². The van der Waals surface area contributed by atoms with Crippen molar-refractivity contribution < 1.29 is 9.90 Å². The third kappa shape index (κ3) is 4.19. The molecule has 1 aliphatic heterocycles. The van der Waals surface area contributed by atoms with E-state index in [1.165, 1.54) is 0 Å². The van der Waals surface area contributed by atoms with E-state index in [-0.39, 0.29) is 11.9 Å². The van der Waals surface area contributed by atoms with E-state index >= 15 is 0 Å². The molecule has 1 saturated heterocycles. The van der Waals surface area contributed by atoms with Crippen LogP contribution in [0.3, 0.4) is 0 Å². The van der Waals surface area contributed by atoms with Crippen LogP contribution in [0.2, 0.25) is 0 Å². The van der Waals surface area contributed by atoms with Gasteiger partial charge in [0.05, 0.1) is 0 Å². The zero-order valence-corrected chi connectivity index (χ0v) is 16.8. The summed E-state index contributed by atoms with van der Waals surface area (Å²) in [7, 11) is 0. The van der Waals surface area contributed by atoms with Gasteiger partial charge < -0.3 is 10.0 Å². The maximum absolute atomic E-state index is 13.0. The van der Waals surface area contributed by atoms with Gasteiger partial charge in [-0.1, -0.05) is 67.6 Å². The highest BCUT2D eigenvalue weighted by atomic mass is 16.3. The summed E-state index contributed by atoms with van der Waals surface area (Å²) in [6.45, 7) is 3.37. The number of carbonyl (C=O) groups is 1. The normalized spacial score (nSPS) is 17.2. The summed E-state index contributed by atoms with van der Waals surface area (Å²) in [5.74, 6) is 0.0861. The molecule has 1 aliphatic rings. The molecule has 0 radical (unpaired) electrons. The first kappa shape index (κ1) is 19.6. The molecule has 4 rings (SSSR count). The van der Waals surface area contributed by atoms with E-state index in [4.69, 9.17) is 0 Å². The molecule has 1 amide bonds. The van der Waals surface area contributed by atoms with Crippen LogP contribution in [-0.2, 0) is 5.72 Å². The number of nitrogens with zero attached hydrogens (tertiary/aromatic N) is 1. The molecule has 29 heavy (non-hydrogen) atoms. The summed E-state index contributed by atoms with van der Waals surface area (Å²) in [5, 5.41) is 16.8. The average molecular weight is 389 g/mol. The number of benzene rings is 3. The lowest BCUT2D eigenvalue weighted by molar-refractivity contribution is -0.0218. The Labute approximate surface area is 172 Å². The van der Waals surface area contributed by atoms with Crippen molar-refractivity contribution >= 4 is 16.7 Å². The number of likely N-dealkylation sites (tertiary alicyclic amines) is 1. The van der Waals surface area contributed by atoms with Gasteiger partial charge in [-0.25, -0.2) is 0 Å². The molecule has 0 aromatic heterocycles. The number of hydrogen-bond acceptors (Lipinski definition) is 3. The SMILES string of the molecule is CC[C@@](O)(NC1CCN(C(=O)c2ccc3ccccc3c2)CC1)c1ccccc1. The third-order valence-electron chi connectivity index (χ3n) is 5.98. The predicted molar refractivity (Wildman–Crippen MR) is 117 cm³/mol. The Morgan fingerprint density at radius 3 is 2.34 bits per heavy atom. The lowest BCUT2D eigenvalue weighted by atomic mass is 9.96. The molecule has 150 valence electrons. The minimum atomic E-state index is -1.03. The number of piperidine rings is 1. The first-order valence-electron chi connectivity index (χ1n) is 10.4. The Hall–Kier alpha value is -2.69. The number of fused-ring (bicyclic) bond motifs is 1. The Bertz CT molecular complexity index is 980. The molecule has 3 aromatic carbocycles. The van der Waals surface area contributed by atoms with Gasteiger partial charge in [-0.05, 0) is 47.7 Å². The molecule has 4 nitrogen and oxygen atoms in total. The van der Waals surface area contributed by atoms with Gasteiger partial charge in [-0.2, -0.15) is 0 Å². The summed E-state index contributed by atoms with van der Waals surface area (Å²) in [6, 6.07) is 23.9. The van der Waals surface area contributed by atoms with Crippen molar-refractivity contribution in [1.82, 2.24) is 10.2 Å². The molecular weight excluding hydrogens is 360 g/mol. The average Bonchev–Trinajstić information content (AvgIpc) is 2.79. The molecule has 1 heterocycles. The number of nitrogens with one attached hydrogen (secondary N) is 1. The van der Waals surface area contributed by atoms with Crippen molar-refractivity contribution in [2.24, 2.45) is 0 Å². The van der Waals surface area contributed by atoms with Crippen LogP contribution in [0.25, 0.3) is 10.8 Å². The second-order valence-electron chi connectivity index (χ2n) is 7.85.